The maximum absolute atomic E-state index is 12.3. The molecule has 38 heavy (non-hydrogen) atoms. The van der Waals surface area contributed by atoms with E-state index < -0.39 is 48.6 Å². The number of aliphatic carboxylic acids is 1. The first-order valence-electron chi connectivity index (χ1n) is 12.2. The third-order valence-electron chi connectivity index (χ3n) is 5.55. The number of hydrogen-bond acceptors (Lipinski definition) is 10. The van der Waals surface area contributed by atoms with E-state index in [0.29, 0.717) is 11.1 Å². The molecule has 0 bridgehead atoms. The van der Waals surface area contributed by atoms with Crippen LogP contribution in [0.2, 0.25) is 0 Å². The van der Waals surface area contributed by atoms with Crippen molar-refractivity contribution < 1.29 is 53.8 Å². The van der Waals surface area contributed by atoms with Crippen LogP contribution in [0.4, 0.5) is 0 Å². The van der Waals surface area contributed by atoms with Gasteiger partial charge in [-0.1, -0.05) is 33.8 Å². The summed E-state index contributed by atoms with van der Waals surface area (Å²) in [5.41, 5.74) is 0.887. The first-order chi connectivity index (χ1) is 17.8. The largest absolute Gasteiger partial charge is 0.479 e. The molecule has 13 heteroatoms. The number of amides is 2. The number of benzene rings is 1. The number of hydrogen-bond donors (Lipinski definition) is 6. The normalized spacial score (nSPS) is 23.1. The summed E-state index contributed by atoms with van der Waals surface area (Å²) in [6.45, 7) is 6.67. The summed E-state index contributed by atoms with van der Waals surface area (Å²) < 4.78 is 16.1. The van der Waals surface area contributed by atoms with Crippen molar-refractivity contribution in [2.75, 3.05) is 6.54 Å². The Balaban J connectivity index is 2.19. The molecule has 1 aliphatic rings. The molecule has 2 rings (SSSR count). The summed E-state index contributed by atoms with van der Waals surface area (Å²) in [7, 11) is 0. The number of rotatable bonds is 12. The molecule has 0 saturated carbocycles. The highest BCUT2D eigenvalue weighted by atomic mass is 16.7. The zero-order chi connectivity index (χ0) is 28.6. The summed E-state index contributed by atoms with van der Waals surface area (Å²) in [6, 6.07) is 4.55. The van der Waals surface area contributed by atoms with E-state index in [1.165, 1.54) is 6.07 Å². The van der Waals surface area contributed by atoms with E-state index in [0.717, 1.165) is 0 Å². The fourth-order valence-corrected chi connectivity index (χ4v) is 3.45. The first-order valence-corrected chi connectivity index (χ1v) is 12.2. The van der Waals surface area contributed by atoms with Gasteiger partial charge in [0, 0.05) is 18.5 Å². The van der Waals surface area contributed by atoms with Gasteiger partial charge in [0.1, 0.15) is 30.7 Å². The van der Waals surface area contributed by atoms with Gasteiger partial charge in [0.15, 0.2) is 6.10 Å². The summed E-state index contributed by atoms with van der Waals surface area (Å²) in [4.78, 5) is 47.4. The van der Waals surface area contributed by atoms with Crippen molar-refractivity contribution in [3.05, 3.63) is 29.3 Å². The highest BCUT2D eigenvalue weighted by Crippen LogP contribution is 2.28. The van der Waals surface area contributed by atoms with Crippen molar-refractivity contribution in [3.63, 3.8) is 0 Å². The topological polar surface area (TPSA) is 201 Å². The Bertz CT molecular complexity index is 998. The van der Waals surface area contributed by atoms with Crippen LogP contribution < -0.4 is 15.4 Å². The second-order valence-electron chi connectivity index (χ2n) is 9.71. The van der Waals surface area contributed by atoms with E-state index in [-0.39, 0.29) is 49.6 Å². The quantitative estimate of drug-likeness (QED) is 0.186. The zero-order valence-corrected chi connectivity index (χ0v) is 21.7. The molecular weight excluding hydrogens is 504 g/mol. The Morgan fingerprint density at radius 1 is 0.974 bits per heavy atom. The van der Waals surface area contributed by atoms with Gasteiger partial charge in [-0.3, -0.25) is 14.4 Å². The number of nitrogens with one attached hydrogen (secondary N) is 2. The molecule has 1 aliphatic heterocycles. The first kappa shape index (κ1) is 31.0. The molecule has 1 saturated heterocycles. The number of carbonyl (C=O) groups excluding carboxylic acids is 3. The molecule has 1 heterocycles. The Hall–Kier alpha value is -3.26. The van der Waals surface area contributed by atoms with Gasteiger partial charge in [0.25, 0.3) is 0 Å². The molecule has 0 radical (unpaired) electrons. The second kappa shape index (κ2) is 14.0. The van der Waals surface area contributed by atoms with Gasteiger partial charge < -0.3 is 45.3 Å². The minimum absolute atomic E-state index is 0.0601. The molecule has 0 aromatic heterocycles. The molecule has 6 N–H and O–H groups in total. The second-order valence-corrected chi connectivity index (χ2v) is 9.71. The molecule has 1 aromatic carbocycles. The van der Waals surface area contributed by atoms with Crippen LogP contribution in [-0.2, 0) is 41.8 Å². The van der Waals surface area contributed by atoms with Crippen LogP contribution in [0.3, 0.4) is 0 Å². The molecule has 0 spiro atoms. The SMILES string of the molecule is CC(C)CC(=O)NCC(=O)NCc1cc(COC(=O)C(C)C)ccc1OC1OC(C(=O)O)C(O)C(O)C1O. The lowest BCUT2D eigenvalue weighted by Crippen LogP contribution is -2.61. The maximum Gasteiger partial charge on any atom is 0.335 e. The molecule has 212 valence electrons. The van der Waals surface area contributed by atoms with Crippen LogP contribution in [0.1, 0.15) is 45.2 Å². The van der Waals surface area contributed by atoms with Crippen molar-refractivity contribution in [3.8, 4) is 5.75 Å². The van der Waals surface area contributed by atoms with Crippen molar-refractivity contribution in [1.29, 1.82) is 0 Å². The molecule has 13 nitrogen and oxygen atoms in total. The van der Waals surface area contributed by atoms with Crippen molar-refractivity contribution in [1.82, 2.24) is 10.6 Å². The van der Waals surface area contributed by atoms with Gasteiger partial charge in [-0.15, -0.1) is 0 Å². The van der Waals surface area contributed by atoms with Crippen LogP contribution in [0, 0.1) is 11.8 Å². The summed E-state index contributed by atoms with van der Waals surface area (Å²) in [5.74, 6) is -2.90. The van der Waals surface area contributed by atoms with E-state index in [4.69, 9.17) is 14.2 Å². The highest BCUT2D eigenvalue weighted by Gasteiger charge is 2.48. The number of aliphatic hydroxyl groups is 3. The Kier molecular flexibility index (Phi) is 11.4. The van der Waals surface area contributed by atoms with E-state index >= 15 is 0 Å². The van der Waals surface area contributed by atoms with Crippen molar-refractivity contribution in [2.45, 2.75) is 78.0 Å². The Morgan fingerprint density at radius 2 is 1.66 bits per heavy atom. The molecule has 5 unspecified atom stereocenters. The lowest BCUT2D eigenvalue weighted by Gasteiger charge is -2.38. The number of carbonyl (C=O) groups is 4. The van der Waals surface area contributed by atoms with E-state index in [2.05, 4.69) is 10.6 Å². The number of carboxylic acid groups (broad SMARTS) is 1. The fourth-order valence-electron chi connectivity index (χ4n) is 3.45. The van der Waals surface area contributed by atoms with Gasteiger partial charge in [-0.25, -0.2) is 4.79 Å². The average Bonchev–Trinajstić information content (AvgIpc) is 2.85. The lowest BCUT2D eigenvalue weighted by atomic mass is 9.99. The van der Waals surface area contributed by atoms with Gasteiger partial charge in [0.2, 0.25) is 18.1 Å². The molecule has 2 amide bonds. The van der Waals surface area contributed by atoms with Gasteiger partial charge in [-0.05, 0) is 23.6 Å². The minimum atomic E-state index is -1.88. The number of aliphatic hydroxyl groups excluding tert-OH is 3. The monoisotopic (exact) mass is 540 g/mol. The molecule has 0 aliphatic carbocycles. The number of ether oxygens (including phenoxy) is 3. The number of carboxylic acids is 1. The van der Waals surface area contributed by atoms with E-state index in [1.807, 2.05) is 13.8 Å². The fraction of sp³-hybridized carbons (Fsp3) is 0.600. The third-order valence-corrected chi connectivity index (χ3v) is 5.55. The standard InChI is InChI=1S/C25H36N2O11/c1-12(2)7-17(28)27-10-18(29)26-9-15-8-14(11-36-24(35)13(3)4)5-6-16(15)37-25-21(32)19(30)20(31)22(38-25)23(33)34/h5-6,8,12-13,19-22,25,30-32H,7,9-11H2,1-4H3,(H,26,29)(H,27,28)(H,33,34). The molecular formula is C25H36N2O11. The van der Waals surface area contributed by atoms with Crippen LogP contribution in [0.5, 0.6) is 5.75 Å². The van der Waals surface area contributed by atoms with Gasteiger partial charge >= 0.3 is 11.9 Å². The van der Waals surface area contributed by atoms with Crippen molar-refractivity contribution >= 4 is 23.8 Å². The Labute approximate surface area is 220 Å². The van der Waals surface area contributed by atoms with E-state index in [9.17, 15) is 39.6 Å². The van der Waals surface area contributed by atoms with E-state index in [1.54, 1.807) is 26.0 Å². The third kappa shape index (κ3) is 8.94. The summed E-state index contributed by atoms with van der Waals surface area (Å²) >= 11 is 0. The average molecular weight is 541 g/mol. The van der Waals surface area contributed by atoms with Gasteiger partial charge in [0.05, 0.1) is 12.5 Å². The van der Waals surface area contributed by atoms with Crippen molar-refractivity contribution in [2.24, 2.45) is 11.8 Å². The zero-order valence-electron chi connectivity index (χ0n) is 21.7. The molecule has 1 aromatic rings. The molecule has 1 fully saturated rings. The predicted octanol–water partition coefficient (Wildman–Crippen LogP) is -0.565. The lowest BCUT2D eigenvalue weighted by molar-refractivity contribution is -0.271. The van der Waals surface area contributed by atoms with Crippen LogP contribution in [-0.4, -0.2) is 81.4 Å². The van der Waals surface area contributed by atoms with Crippen LogP contribution in [0.15, 0.2) is 18.2 Å². The Morgan fingerprint density at radius 3 is 2.26 bits per heavy atom. The highest BCUT2D eigenvalue weighted by molar-refractivity contribution is 5.84. The van der Waals surface area contributed by atoms with Crippen LogP contribution in [0.25, 0.3) is 0 Å². The summed E-state index contributed by atoms with van der Waals surface area (Å²) in [6.07, 6.45) is -8.78. The number of esters is 1. The molecule has 5 atom stereocenters. The maximum atomic E-state index is 12.3. The smallest absolute Gasteiger partial charge is 0.335 e. The van der Waals surface area contributed by atoms with Crippen LogP contribution >= 0.6 is 0 Å². The minimum Gasteiger partial charge on any atom is -0.479 e. The van der Waals surface area contributed by atoms with Gasteiger partial charge in [-0.2, -0.15) is 0 Å². The predicted molar refractivity (Wildman–Crippen MR) is 130 cm³/mol. The summed E-state index contributed by atoms with van der Waals surface area (Å²) in [5, 5.41) is 44.6.